The van der Waals surface area contributed by atoms with Gasteiger partial charge in [0.05, 0.1) is 5.69 Å². The van der Waals surface area contributed by atoms with Crippen molar-refractivity contribution in [1.82, 2.24) is 9.55 Å². The van der Waals surface area contributed by atoms with E-state index in [9.17, 15) is 0 Å². The molecule has 2 N–H and O–H groups in total. The highest BCUT2D eigenvalue weighted by Crippen LogP contribution is 2.32. The average molecular weight is 214 g/mol. The molecule has 2 heterocycles. The quantitative estimate of drug-likeness (QED) is 0.818. The third kappa shape index (κ3) is 1.55. The third-order valence-corrected chi connectivity index (χ3v) is 3.39. The van der Waals surface area contributed by atoms with Crippen molar-refractivity contribution in [1.29, 1.82) is 0 Å². The van der Waals surface area contributed by atoms with Crippen LogP contribution in [0, 0.1) is 6.92 Å². The van der Waals surface area contributed by atoms with Gasteiger partial charge in [-0.2, -0.15) is 0 Å². The van der Waals surface area contributed by atoms with Crippen molar-refractivity contribution in [3.05, 3.63) is 16.7 Å². The lowest BCUT2D eigenvalue weighted by atomic mass is 9.96. The van der Waals surface area contributed by atoms with Gasteiger partial charge >= 0.3 is 0 Å². The predicted molar refractivity (Wildman–Crippen MR) is 57.6 cm³/mol. The Morgan fingerprint density at radius 2 is 2.43 bits per heavy atom. The second kappa shape index (κ2) is 3.91. The van der Waals surface area contributed by atoms with Crippen molar-refractivity contribution in [3.63, 3.8) is 0 Å². The van der Waals surface area contributed by atoms with E-state index in [1.165, 1.54) is 12.8 Å². The van der Waals surface area contributed by atoms with E-state index in [1.807, 2.05) is 6.92 Å². The van der Waals surface area contributed by atoms with Gasteiger partial charge in [-0.05, 0) is 32.7 Å². The summed E-state index contributed by atoms with van der Waals surface area (Å²) < 4.78 is 2.14. The first-order valence-electron chi connectivity index (χ1n) is 5.16. The molecule has 0 fully saturated rings. The van der Waals surface area contributed by atoms with E-state index >= 15 is 0 Å². The zero-order valence-electron chi connectivity index (χ0n) is 8.46. The van der Waals surface area contributed by atoms with Gasteiger partial charge in [-0.1, -0.05) is 11.6 Å². The Balaban J connectivity index is 2.34. The first-order valence-corrected chi connectivity index (χ1v) is 5.54. The summed E-state index contributed by atoms with van der Waals surface area (Å²) in [7, 11) is 0. The zero-order chi connectivity index (χ0) is 10.1. The molecule has 0 radical (unpaired) electrons. The van der Waals surface area contributed by atoms with Crippen LogP contribution < -0.4 is 5.73 Å². The van der Waals surface area contributed by atoms with Gasteiger partial charge in [-0.15, -0.1) is 0 Å². The molecule has 0 amide bonds. The van der Waals surface area contributed by atoms with E-state index in [0.717, 1.165) is 36.2 Å². The van der Waals surface area contributed by atoms with Gasteiger partial charge in [0.25, 0.3) is 0 Å². The van der Waals surface area contributed by atoms with Crippen LogP contribution in [-0.4, -0.2) is 16.1 Å². The molecule has 1 unspecified atom stereocenters. The Morgan fingerprint density at radius 3 is 3.14 bits per heavy atom. The number of fused-ring (bicyclic) bond motifs is 1. The summed E-state index contributed by atoms with van der Waals surface area (Å²) in [5, 5.41) is 0.807. The smallest absolute Gasteiger partial charge is 0.131 e. The first-order chi connectivity index (χ1) is 6.74. The fourth-order valence-corrected chi connectivity index (χ4v) is 2.41. The maximum Gasteiger partial charge on any atom is 0.131 e. The van der Waals surface area contributed by atoms with Crippen LogP contribution in [0.5, 0.6) is 0 Å². The van der Waals surface area contributed by atoms with Crippen LogP contribution in [0.4, 0.5) is 0 Å². The molecule has 0 saturated heterocycles. The highest BCUT2D eigenvalue weighted by atomic mass is 35.5. The van der Waals surface area contributed by atoms with Crippen LogP contribution in [0.25, 0.3) is 0 Å². The zero-order valence-corrected chi connectivity index (χ0v) is 9.22. The number of hydrogen-bond acceptors (Lipinski definition) is 2. The molecule has 3 nitrogen and oxygen atoms in total. The number of hydrogen-bond donors (Lipinski definition) is 1. The summed E-state index contributed by atoms with van der Waals surface area (Å²) in [6.45, 7) is 3.71. The Hall–Kier alpha value is -0.540. The van der Waals surface area contributed by atoms with Gasteiger partial charge in [0, 0.05) is 12.5 Å². The number of imidazole rings is 1. The van der Waals surface area contributed by atoms with Crippen LogP contribution >= 0.6 is 11.6 Å². The summed E-state index contributed by atoms with van der Waals surface area (Å²) >= 11 is 6.16. The number of nitrogens with two attached hydrogens (primary N) is 1. The molecule has 2 rings (SSSR count). The second-order valence-corrected chi connectivity index (χ2v) is 4.27. The monoisotopic (exact) mass is 213 g/mol. The summed E-state index contributed by atoms with van der Waals surface area (Å²) in [4.78, 5) is 4.53. The van der Waals surface area contributed by atoms with Crippen LogP contribution in [0.1, 0.15) is 36.7 Å². The molecule has 0 spiro atoms. The van der Waals surface area contributed by atoms with Gasteiger partial charge < -0.3 is 10.3 Å². The lowest BCUT2D eigenvalue weighted by molar-refractivity contribution is 0.428. The third-order valence-electron chi connectivity index (χ3n) is 2.91. The lowest BCUT2D eigenvalue weighted by Gasteiger charge is -2.23. The Bertz CT molecular complexity index is 332. The highest BCUT2D eigenvalue weighted by molar-refractivity contribution is 6.30. The topological polar surface area (TPSA) is 43.8 Å². The van der Waals surface area contributed by atoms with Gasteiger partial charge in [-0.25, -0.2) is 4.98 Å². The molecule has 0 bridgehead atoms. The number of halogens is 1. The van der Waals surface area contributed by atoms with Crippen LogP contribution in [0.2, 0.25) is 5.15 Å². The van der Waals surface area contributed by atoms with Crippen molar-refractivity contribution in [2.75, 3.05) is 6.54 Å². The Labute approximate surface area is 89.3 Å². The van der Waals surface area contributed by atoms with E-state index in [0.29, 0.717) is 5.92 Å². The Kier molecular flexibility index (Phi) is 2.79. The standard InChI is InChI=1S/C10H16ClN3/c1-7-9(11)14-6-2-3-8(4-5-12)10(14)13-7/h8H,2-6,12H2,1H3. The van der Waals surface area contributed by atoms with Gasteiger partial charge in [0.2, 0.25) is 0 Å². The first kappa shape index (κ1) is 9.99. The summed E-state index contributed by atoms with van der Waals surface area (Å²) in [5.41, 5.74) is 6.54. The minimum absolute atomic E-state index is 0.514. The molecule has 0 aromatic carbocycles. The van der Waals surface area contributed by atoms with Gasteiger partial charge in [0.1, 0.15) is 11.0 Å². The molecule has 78 valence electrons. The van der Waals surface area contributed by atoms with E-state index in [4.69, 9.17) is 17.3 Å². The number of aromatic nitrogens is 2. The fraction of sp³-hybridized carbons (Fsp3) is 0.700. The molecule has 1 aromatic rings. The molecule has 1 atom stereocenters. The largest absolute Gasteiger partial charge is 0.330 e. The summed E-state index contributed by atoms with van der Waals surface area (Å²) in [6.07, 6.45) is 3.41. The lowest BCUT2D eigenvalue weighted by Crippen LogP contribution is -2.18. The van der Waals surface area contributed by atoms with Gasteiger partial charge in [-0.3, -0.25) is 0 Å². The molecule has 1 aliphatic heterocycles. The molecule has 1 aromatic heterocycles. The van der Waals surface area contributed by atoms with E-state index in [-0.39, 0.29) is 0 Å². The van der Waals surface area contributed by atoms with E-state index < -0.39 is 0 Å². The molecule has 0 aliphatic carbocycles. The van der Waals surface area contributed by atoms with Crippen molar-refractivity contribution in [2.45, 2.75) is 38.6 Å². The summed E-state index contributed by atoms with van der Waals surface area (Å²) in [5.74, 6) is 1.66. The van der Waals surface area contributed by atoms with Crippen molar-refractivity contribution in [2.24, 2.45) is 5.73 Å². The predicted octanol–water partition coefficient (Wildman–Crippen LogP) is 2.07. The minimum atomic E-state index is 0.514. The average Bonchev–Trinajstić information content (AvgIpc) is 2.46. The maximum atomic E-state index is 6.16. The number of rotatable bonds is 2. The highest BCUT2D eigenvalue weighted by Gasteiger charge is 2.24. The molecule has 4 heteroatoms. The number of aryl methyl sites for hydroxylation is 1. The molecular weight excluding hydrogens is 198 g/mol. The van der Waals surface area contributed by atoms with Crippen molar-refractivity contribution in [3.8, 4) is 0 Å². The van der Waals surface area contributed by atoms with Crippen molar-refractivity contribution < 1.29 is 0 Å². The molecular formula is C10H16ClN3. The molecule has 1 aliphatic rings. The van der Waals surface area contributed by atoms with E-state index in [2.05, 4.69) is 9.55 Å². The van der Waals surface area contributed by atoms with Crippen molar-refractivity contribution >= 4 is 11.6 Å². The summed E-state index contributed by atoms with van der Waals surface area (Å²) in [6, 6.07) is 0. The molecule has 0 saturated carbocycles. The van der Waals surface area contributed by atoms with Crippen LogP contribution in [0.15, 0.2) is 0 Å². The van der Waals surface area contributed by atoms with Crippen LogP contribution in [0.3, 0.4) is 0 Å². The minimum Gasteiger partial charge on any atom is -0.330 e. The molecule has 14 heavy (non-hydrogen) atoms. The fourth-order valence-electron chi connectivity index (χ4n) is 2.20. The van der Waals surface area contributed by atoms with Gasteiger partial charge in [0.15, 0.2) is 0 Å². The number of nitrogens with zero attached hydrogens (tertiary/aromatic N) is 2. The second-order valence-electron chi connectivity index (χ2n) is 3.91. The van der Waals surface area contributed by atoms with E-state index in [1.54, 1.807) is 0 Å². The Morgan fingerprint density at radius 1 is 1.64 bits per heavy atom. The SMILES string of the molecule is Cc1nc2n(c1Cl)CCCC2CCN. The maximum absolute atomic E-state index is 6.16. The normalized spacial score (nSPS) is 20.9. The van der Waals surface area contributed by atoms with Crippen LogP contribution in [-0.2, 0) is 6.54 Å².